The highest BCUT2D eigenvalue weighted by molar-refractivity contribution is 6.30. The highest BCUT2D eigenvalue weighted by Gasteiger charge is 2.37. The molecule has 3 rings (SSSR count). The van der Waals surface area contributed by atoms with E-state index < -0.39 is 0 Å². The molecular weight excluding hydrogens is 302 g/mol. The van der Waals surface area contributed by atoms with Gasteiger partial charge in [-0.2, -0.15) is 0 Å². The van der Waals surface area contributed by atoms with Gasteiger partial charge in [0.15, 0.2) is 0 Å². The number of nitrogens with one attached hydrogen (secondary N) is 2. The number of nitrogens with zero attached hydrogens (tertiary/aromatic N) is 1. The van der Waals surface area contributed by atoms with Crippen LogP contribution in [0.25, 0.3) is 0 Å². The topological polar surface area (TPSA) is 67.0 Å². The Morgan fingerprint density at radius 2 is 2.23 bits per heavy atom. The highest BCUT2D eigenvalue weighted by Crippen LogP contribution is 2.25. The molecule has 1 atom stereocenters. The molecule has 116 valence electrons. The van der Waals surface area contributed by atoms with E-state index in [1.165, 1.54) is 0 Å². The van der Waals surface area contributed by atoms with Crippen LogP contribution in [-0.4, -0.2) is 34.6 Å². The minimum Gasteiger partial charge on any atom is -0.379 e. The lowest BCUT2D eigenvalue weighted by atomic mass is 9.90. The van der Waals surface area contributed by atoms with E-state index >= 15 is 0 Å². The van der Waals surface area contributed by atoms with Crippen molar-refractivity contribution in [1.82, 2.24) is 15.3 Å². The van der Waals surface area contributed by atoms with E-state index in [1.54, 1.807) is 6.20 Å². The van der Waals surface area contributed by atoms with Gasteiger partial charge in [0, 0.05) is 11.6 Å². The Hall–Kier alpha value is -1.85. The number of carbonyl (C=O) groups is 1. The molecule has 0 bridgehead atoms. The molecule has 1 aromatic heterocycles. The minimum absolute atomic E-state index is 0.153. The Balaban J connectivity index is 1.76. The van der Waals surface area contributed by atoms with Crippen molar-refractivity contribution >= 4 is 17.5 Å². The number of aryl methyl sites for hydroxylation is 1. The van der Waals surface area contributed by atoms with E-state index in [1.807, 2.05) is 31.2 Å². The fraction of sp³-hybridized carbons (Fsp3) is 0.375. The van der Waals surface area contributed by atoms with Crippen LogP contribution in [-0.2, 0) is 11.2 Å². The van der Waals surface area contributed by atoms with Gasteiger partial charge in [-0.15, -0.1) is 0 Å². The Labute approximate surface area is 134 Å². The molecule has 1 amide bonds. The lowest BCUT2D eigenvalue weighted by Gasteiger charge is -2.28. The summed E-state index contributed by atoms with van der Waals surface area (Å²) >= 11 is 5.92. The van der Waals surface area contributed by atoms with Crippen molar-refractivity contribution < 1.29 is 9.53 Å². The van der Waals surface area contributed by atoms with E-state index in [9.17, 15) is 4.79 Å². The van der Waals surface area contributed by atoms with Gasteiger partial charge in [-0.05, 0) is 37.5 Å². The Bertz CT molecular complexity index is 660. The average Bonchev–Trinajstić information content (AvgIpc) is 3.11. The van der Waals surface area contributed by atoms with Crippen LogP contribution in [0.3, 0.4) is 0 Å². The third-order valence-electron chi connectivity index (χ3n) is 3.89. The standard InChI is InChI=1S/C16H18ClN3O2/c1-11-18-9-14(19-11)15(21)20-16(6-7-22-10-16)8-12-2-4-13(17)5-3-12/h2-5,9H,6-8,10H2,1H3,(H,18,19)(H,20,21). The van der Waals surface area contributed by atoms with Gasteiger partial charge < -0.3 is 15.0 Å². The van der Waals surface area contributed by atoms with Gasteiger partial charge in [0.05, 0.1) is 18.3 Å². The summed E-state index contributed by atoms with van der Waals surface area (Å²) in [7, 11) is 0. The third kappa shape index (κ3) is 3.31. The zero-order valence-corrected chi connectivity index (χ0v) is 13.1. The second kappa shape index (κ2) is 6.10. The zero-order chi connectivity index (χ0) is 15.6. The van der Waals surface area contributed by atoms with Gasteiger partial charge in [0.1, 0.15) is 11.5 Å². The second-order valence-corrected chi connectivity index (χ2v) is 6.16. The van der Waals surface area contributed by atoms with Gasteiger partial charge in [-0.1, -0.05) is 23.7 Å². The predicted octanol–water partition coefficient (Wildman–Crippen LogP) is 2.50. The summed E-state index contributed by atoms with van der Waals surface area (Å²) in [6, 6.07) is 7.69. The molecule has 22 heavy (non-hydrogen) atoms. The summed E-state index contributed by atoms with van der Waals surface area (Å²) in [6.07, 6.45) is 3.05. The van der Waals surface area contributed by atoms with Crippen LogP contribution in [0.4, 0.5) is 0 Å². The first-order valence-electron chi connectivity index (χ1n) is 7.23. The van der Waals surface area contributed by atoms with Crippen LogP contribution in [0, 0.1) is 6.92 Å². The number of carbonyl (C=O) groups excluding carboxylic acids is 1. The van der Waals surface area contributed by atoms with E-state index in [0.717, 1.165) is 17.8 Å². The molecule has 1 aromatic carbocycles. The summed E-state index contributed by atoms with van der Waals surface area (Å²) in [5.41, 5.74) is 1.21. The normalized spacial score (nSPS) is 21.0. The van der Waals surface area contributed by atoms with Gasteiger partial charge in [-0.3, -0.25) is 4.79 Å². The predicted molar refractivity (Wildman–Crippen MR) is 84.1 cm³/mol. The van der Waals surface area contributed by atoms with E-state index in [4.69, 9.17) is 16.3 Å². The number of halogens is 1. The Morgan fingerprint density at radius 3 is 2.82 bits per heavy atom. The fourth-order valence-corrected chi connectivity index (χ4v) is 2.85. The van der Waals surface area contributed by atoms with Crippen LogP contribution in [0.2, 0.25) is 5.02 Å². The number of hydrogen-bond donors (Lipinski definition) is 2. The Kier molecular flexibility index (Phi) is 4.18. The maximum atomic E-state index is 12.4. The van der Waals surface area contributed by atoms with Gasteiger partial charge in [-0.25, -0.2) is 4.98 Å². The van der Waals surface area contributed by atoms with Crippen molar-refractivity contribution in [3.8, 4) is 0 Å². The maximum Gasteiger partial charge on any atom is 0.269 e. The molecule has 5 nitrogen and oxygen atoms in total. The molecule has 0 saturated carbocycles. The molecule has 1 aliphatic rings. The van der Waals surface area contributed by atoms with Crippen molar-refractivity contribution in [2.24, 2.45) is 0 Å². The lowest BCUT2D eigenvalue weighted by molar-refractivity contribution is 0.0873. The molecule has 2 N–H and O–H groups in total. The molecule has 1 saturated heterocycles. The number of aromatic amines is 1. The molecule has 1 unspecified atom stereocenters. The zero-order valence-electron chi connectivity index (χ0n) is 12.4. The number of ether oxygens (including phenoxy) is 1. The number of aromatic nitrogens is 2. The first kappa shape index (κ1) is 15.1. The molecule has 1 aliphatic heterocycles. The molecule has 2 aromatic rings. The van der Waals surface area contributed by atoms with Crippen molar-refractivity contribution in [2.75, 3.05) is 13.2 Å². The average molecular weight is 320 g/mol. The van der Waals surface area contributed by atoms with Crippen molar-refractivity contribution in [3.05, 3.63) is 52.6 Å². The molecule has 2 heterocycles. The Morgan fingerprint density at radius 1 is 1.45 bits per heavy atom. The number of benzene rings is 1. The van der Waals surface area contributed by atoms with Crippen molar-refractivity contribution in [2.45, 2.75) is 25.3 Å². The number of amides is 1. The molecule has 0 aliphatic carbocycles. The summed E-state index contributed by atoms with van der Waals surface area (Å²) in [6.45, 7) is 2.98. The third-order valence-corrected chi connectivity index (χ3v) is 4.14. The highest BCUT2D eigenvalue weighted by atomic mass is 35.5. The van der Waals surface area contributed by atoms with Crippen LogP contribution >= 0.6 is 11.6 Å². The maximum absolute atomic E-state index is 12.4. The van der Waals surface area contributed by atoms with Crippen LogP contribution < -0.4 is 5.32 Å². The second-order valence-electron chi connectivity index (χ2n) is 5.72. The van der Waals surface area contributed by atoms with Crippen LogP contribution in [0.5, 0.6) is 0 Å². The van der Waals surface area contributed by atoms with Crippen LogP contribution in [0.15, 0.2) is 30.5 Å². The number of hydrogen-bond acceptors (Lipinski definition) is 3. The SMILES string of the molecule is Cc1ncc(C(=O)NC2(Cc3ccc(Cl)cc3)CCOC2)[nH]1. The minimum atomic E-state index is -0.385. The van der Waals surface area contributed by atoms with Crippen molar-refractivity contribution in [1.29, 1.82) is 0 Å². The van der Waals surface area contributed by atoms with Crippen molar-refractivity contribution in [3.63, 3.8) is 0 Å². The summed E-state index contributed by atoms with van der Waals surface area (Å²) < 4.78 is 5.53. The molecule has 0 radical (unpaired) electrons. The monoisotopic (exact) mass is 319 g/mol. The van der Waals surface area contributed by atoms with Gasteiger partial charge in [0.2, 0.25) is 0 Å². The number of rotatable bonds is 4. The first-order chi connectivity index (χ1) is 10.6. The summed E-state index contributed by atoms with van der Waals surface area (Å²) in [5.74, 6) is 0.569. The molecule has 1 fully saturated rings. The largest absolute Gasteiger partial charge is 0.379 e. The summed E-state index contributed by atoms with van der Waals surface area (Å²) in [4.78, 5) is 19.4. The number of imidazole rings is 1. The first-order valence-corrected chi connectivity index (χ1v) is 7.60. The summed E-state index contributed by atoms with van der Waals surface area (Å²) in [5, 5.41) is 3.82. The van der Waals surface area contributed by atoms with E-state index in [0.29, 0.717) is 30.4 Å². The van der Waals surface area contributed by atoms with E-state index in [2.05, 4.69) is 15.3 Å². The molecule has 0 spiro atoms. The van der Waals surface area contributed by atoms with Gasteiger partial charge in [0.25, 0.3) is 5.91 Å². The fourth-order valence-electron chi connectivity index (χ4n) is 2.73. The number of H-pyrrole nitrogens is 1. The van der Waals surface area contributed by atoms with E-state index in [-0.39, 0.29) is 11.4 Å². The smallest absolute Gasteiger partial charge is 0.269 e. The molecular formula is C16H18ClN3O2. The lowest BCUT2D eigenvalue weighted by Crippen LogP contribution is -2.50. The van der Waals surface area contributed by atoms with Crippen LogP contribution in [0.1, 0.15) is 28.3 Å². The molecule has 6 heteroatoms. The quantitative estimate of drug-likeness (QED) is 0.910. The van der Waals surface area contributed by atoms with Gasteiger partial charge >= 0.3 is 0 Å².